The molecule has 3 atom stereocenters. The summed E-state index contributed by atoms with van der Waals surface area (Å²) in [4.78, 5) is 15.0. The molecule has 2 aromatic rings. The highest BCUT2D eigenvalue weighted by molar-refractivity contribution is 5.92. The van der Waals surface area contributed by atoms with Crippen molar-refractivity contribution in [3.8, 4) is 5.75 Å². The molecule has 0 aromatic heterocycles. The van der Waals surface area contributed by atoms with Gasteiger partial charge in [0.05, 0.1) is 31.0 Å². The molecule has 8 heteroatoms. The third kappa shape index (κ3) is 4.18. The molecular formula is C23H28FN3O4. The number of rotatable bonds is 5. The maximum atomic E-state index is 14.0. The van der Waals surface area contributed by atoms with Crippen molar-refractivity contribution in [2.24, 2.45) is 0 Å². The highest BCUT2D eigenvalue weighted by Crippen LogP contribution is 2.39. The van der Waals surface area contributed by atoms with Crippen molar-refractivity contribution in [2.45, 2.75) is 44.4 Å². The van der Waals surface area contributed by atoms with Gasteiger partial charge in [-0.1, -0.05) is 12.1 Å². The van der Waals surface area contributed by atoms with Crippen LogP contribution in [0.1, 0.15) is 48.7 Å². The molecule has 2 aliphatic rings. The Hall–Kier alpha value is -2.84. The lowest BCUT2D eigenvalue weighted by Crippen LogP contribution is -2.40. The van der Waals surface area contributed by atoms with Crippen molar-refractivity contribution >= 4 is 17.4 Å². The van der Waals surface area contributed by atoms with E-state index in [1.54, 1.807) is 19.1 Å². The molecule has 166 valence electrons. The first-order valence-electron chi connectivity index (χ1n) is 10.6. The number of carbonyl (C=O) groups excluding carboxylic acids is 1. The predicted octanol–water partition coefficient (Wildman–Crippen LogP) is 3.27. The summed E-state index contributed by atoms with van der Waals surface area (Å²) in [7, 11) is 1.49. The Labute approximate surface area is 180 Å². The van der Waals surface area contributed by atoms with Gasteiger partial charge in [-0.15, -0.1) is 0 Å². The maximum absolute atomic E-state index is 14.0. The van der Waals surface area contributed by atoms with Gasteiger partial charge in [0.25, 0.3) is 0 Å². The number of hydrogen-bond acceptors (Lipinski definition) is 5. The number of methoxy groups -OCH3 is 1. The van der Waals surface area contributed by atoms with Crippen LogP contribution in [-0.4, -0.2) is 42.5 Å². The van der Waals surface area contributed by atoms with Crippen molar-refractivity contribution in [1.29, 1.82) is 0 Å². The first-order valence-corrected chi connectivity index (χ1v) is 10.6. The van der Waals surface area contributed by atoms with Gasteiger partial charge < -0.3 is 30.5 Å². The van der Waals surface area contributed by atoms with Gasteiger partial charge in [0.15, 0.2) is 0 Å². The van der Waals surface area contributed by atoms with Gasteiger partial charge in [-0.05, 0) is 55.5 Å². The van der Waals surface area contributed by atoms with Gasteiger partial charge in [-0.3, -0.25) is 0 Å². The SMILES string of the molecule is COc1c(NC(=O)N[C@@H]2Cc3c(F)cccc3[C@@H]2O)cc(N2CCCC2)cc1[C@H](C)O. The summed E-state index contributed by atoms with van der Waals surface area (Å²) in [5.74, 6) is -0.00258. The summed E-state index contributed by atoms with van der Waals surface area (Å²) < 4.78 is 19.5. The van der Waals surface area contributed by atoms with Crippen LogP contribution >= 0.6 is 0 Å². The number of amides is 2. The maximum Gasteiger partial charge on any atom is 0.319 e. The lowest BCUT2D eigenvalue weighted by molar-refractivity contribution is 0.145. The highest BCUT2D eigenvalue weighted by Gasteiger charge is 2.34. The Morgan fingerprint density at radius 1 is 1.29 bits per heavy atom. The molecule has 2 aromatic carbocycles. The quantitative estimate of drug-likeness (QED) is 0.585. The third-order valence-corrected chi connectivity index (χ3v) is 6.07. The van der Waals surface area contributed by atoms with E-state index in [1.165, 1.54) is 13.2 Å². The molecule has 0 saturated carbocycles. The van der Waals surface area contributed by atoms with Crippen LogP contribution in [0.5, 0.6) is 5.75 Å². The lowest BCUT2D eigenvalue weighted by atomic mass is 10.1. The van der Waals surface area contributed by atoms with Gasteiger partial charge in [-0.25, -0.2) is 9.18 Å². The summed E-state index contributed by atoms with van der Waals surface area (Å²) >= 11 is 0. The fraction of sp³-hybridized carbons (Fsp3) is 0.435. The Bertz CT molecular complexity index is 976. The number of fused-ring (bicyclic) bond motifs is 1. The van der Waals surface area contributed by atoms with Crippen LogP contribution in [0.15, 0.2) is 30.3 Å². The van der Waals surface area contributed by atoms with Crippen LogP contribution in [0.2, 0.25) is 0 Å². The third-order valence-electron chi connectivity index (χ3n) is 6.07. The second-order valence-electron chi connectivity index (χ2n) is 8.15. The molecule has 31 heavy (non-hydrogen) atoms. The largest absolute Gasteiger partial charge is 0.494 e. The minimum atomic E-state index is -0.984. The number of aliphatic hydroxyl groups excluding tert-OH is 2. The van der Waals surface area contributed by atoms with E-state index in [-0.39, 0.29) is 12.2 Å². The van der Waals surface area contributed by atoms with E-state index >= 15 is 0 Å². The molecule has 2 amide bonds. The number of carbonyl (C=O) groups is 1. The van der Waals surface area contributed by atoms with Crippen molar-refractivity contribution in [3.63, 3.8) is 0 Å². The zero-order valence-corrected chi connectivity index (χ0v) is 17.7. The standard InChI is InChI=1S/C23H28FN3O4/c1-13(28)16-10-14(27-8-3-4-9-27)11-20(22(16)31-2)26-23(30)25-19-12-17-15(21(19)29)6-5-7-18(17)24/h5-7,10-11,13,19,21,28-29H,3-4,8-9,12H2,1-2H3,(H2,25,26,30)/t13-,19+,21-/m0/s1. The molecule has 0 unspecified atom stereocenters. The minimum absolute atomic E-state index is 0.209. The van der Waals surface area contributed by atoms with E-state index in [1.807, 2.05) is 12.1 Å². The topological polar surface area (TPSA) is 94.1 Å². The molecule has 1 fully saturated rings. The highest BCUT2D eigenvalue weighted by atomic mass is 19.1. The smallest absolute Gasteiger partial charge is 0.319 e. The predicted molar refractivity (Wildman–Crippen MR) is 116 cm³/mol. The molecular weight excluding hydrogens is 401 g/mol. The van der Waals surface area contributed by atoms with Crippen molar-refractivity contribution in [2.75, 3.05) is 30.4 Å². The molecule has 1 heterocycles. The molecule has 7 nitrogen and oxygen atoms in total. The fourth-order valence-electron chi connectivity index (χ4n) is 4.50. The summed E-state index contributed by atoms with van der Waals surface area (Å²) in [6.45, 7) is 3.47. The van der Waals surface area contributed by atoms with Crippen LogP contribution in [0.3, 0.4) is 0 Å². The molecule has 0 radical (unpaired) electrons. The Morgan fingerprint density at radius 3 is 2.68 bits per heavy atom. The van der Waals surface area contributed by atoms with Gasteiger partial charge in [0.2, 0.25) is 0 Å². The second kappa shape index (κ2) is 8.72. The molecule has 4 N–H and O–H groups in total. The van der Waals surface area contributed by atoms with Crippen LogP contribution in [0.25, 0.3) is 0 Å². The summed E-state index contributed by atoms with van der Waals surface area (Å²) in [6.07, 6.45) is 0.629. The number of nitrogens with one attached hydrogen (secondary N) is 2. The summed E-state index contributed by atoms with van der Waals surface area (Å²) in [5.41, 5.74) is 2.83. The van der Waals surface area contributed by atoms with Gasteiger partial charge in [0.1, 0.15) is 11.6 Å². The van der Waals surface area contributed by atoms with E-state index in [0.717, 1.165) is 31.6 Å². The van der Waals surface area contributed by atoms with Gasteiger partial charge in [-0.2, -0.15) is 0 Å². The van der Waals surface area contributed by atoms with E-state index < -0.39 is 24.3 Å². The van der Waals surface area contributed by atoms with E-state index in [4.69, 9.17) is 4.74 Å². The van der Waals surface area contributed by atoms with Crippen LogP contribution in [-0.2, 0) is 6.42 Å². The number of anilines is 2. The Kier molecular flexibility index (Phi) is 6.02. The monoisotopic (exact) mass is 429 g/mol. The summed E-state index contributed by atoms with van der Waals surface area (Å²) in [6, 6.07) is 7.10. The lowest BCUT2D eigenvalue weighted by Gasteiger charge is -2.24. The average molecular weight is 429 g/mol. The number of benzene rings is 2. The Morgan fingerprint density at radius 2 is 2.03 bits per heavy atom. The van der Waals surface area contributed by atoms with Crippen LogP contribution in [0, 0.1) is 5.82 Å². The number of halogens is 1. The van der Waals surface area contributed by atoms with Crippen molar-refractivity contribution in [1.82, 2.24) is 5.32 Å². The molecule has 0 spiro atoms. The average Bonchev–Trinajstić information content (AvgIpc) is 3.38. The zero-order chi connectivity index (χ0) is 22.1. The molecule has 1 aliphatic carbocycles. The minimum Gasteiger partial charge on any atom is -0.494 e. The number of aliphatic hydroxyl groups is 2. The second-order valence-corrected chi connectivity index (χ2v) is 8.15. The number of hydrogen-bond donors (Lipinski definition) is 4. The first kappa shape index (κ1) is 21.4. The van der Waals surface area contributed by atoms with E-state index in [0.29, 0.717) is 28.1 Å². The summed E-state index contributed by atoms with van der Waals surface area (Å²) in [5, 5.41) is 26.3. The first-order chi connectivity index (χ1) is 14.9. The molecule has 4 rings (SSSR count). The van der Waals surface area contributed by atoms with Crippen LogP contribution < -0.4 is 20.3 Å². The Balaban J connectivity index is 1.55. The van der Waals surface area contributed by atoms with E-state index in [2.05, 4.69) is 15.5 Å². The van der Waals surface area contributed by atoms with Crippen molar-refractivity contribution in [3.05, 3.63) is 52.8 Å². The zero-order valence-electron chi connectivity index (χ0n) is 17.7. The van der Waals surface area contributed by atoms with Crippen molar-refractivity contribution < 1.29 is 24.1 Å². The number of urea groups is 1. The molecule has 1 aliphatic heterocycles. The van der Waals surface area contributed by atoms with Crippen LogP contribution in [0.4, 0.5) is 20.6 Å². The number of ether oxygens (including phenoxy) is 1. The molecule has 0 bridgehead atoms. The van der Waals surface area contributed by atoms with E-state index in [9.17, 15) is 19.4 Å². The molecule has 1 saturated heterocycles. The van der Waals surface area contributed by atoms with Gasteiger partial charge in [0, 0.05) is 24.3 Å². The van der Waals surface area contributed by atoms with Gasteiger partial charge >= 0.3 is 6.03 Å². The normalized spacial score (nSPS) is 21.0. The number of nitrogens with zero attached hydrogens (tertiary/aromatic N) is 1. The fourth-order valence-corrected chi connectivity index (χ4v) is 4.50.